The predicted octanol–water partition coefficient (Wildman–Crippen LogP) is 3.94. The highest BCUT2D eigenvalue weighted by atomic mass is 19.1. The normalized spacial score (nSPS) is 17.2. The largest absolute Gasteiger partial charge is 0.382 e. The monoisotopic (exact) mass is 463 g/mol. The van der Waals surface area contributed by atoms with Gasteiger partial charge in [0.2, 0.25) is 0 Å². The third-order valence-electron chi connectivity index (χ3n) is 6.26. The molecule has 0 saturated heterocycles. The van der Waals surface area contributed by atoms with E-state index in [1.54, 1.807) is 29.0 Å². The van der Waals surface area contributed by atoms with E-state index in [9.17, 15) is 14.0 Å². The van der Waals surface area contributed by atoms with Crippen LogP contribution in [0.15, 0.2) is 47.4 Å². The van der Waals surface area contributed by atoms with Gasteiger partial charge in [0.15, 0.2) is 5.82 Å². The first kappa shape index (κ1) is 21.8. The number of aromatic amines is 1. The number of rotatable bonds is 5. The predicted molar refractivity (Wildman–Crippen MR) is 126 cm³/mol. The summed E-state index contributed by atoms with van der Waals surface area (Å²) >= 11 is 0. The van der Waals surface area contributed by atoms with Crippen molar-refractivity contribution >= 4 is 22.6 Å². The minimum Gasteiger partial charge on any atom is -0.382 e. The van der Waals surface area contributed by atoms with Gasteiger partial charge in [-0.1, -0.05) is 29.8 Å². The Morgan fingerprint density at radius 2 is 2.03 bits per heavy atom. The topological polar surface area (TPSA) is 106 Å². The van der Waals surface area contributed by atoms with Crippen molar-refractivity contribution in [1.82, 2.24) is 20.1 Å². The van der Waals surface area contributed by atoms with Crippen LogP contribution in [0.1, 0.15) is 39.5 Å². The van der Waals surface area contributed by atoms with Gasteiger partial charge in [0.05, 0.1) is 11.4 Å². The van der Waals surface area contributed by atoms with Gasteiger partial charge >= 0.3 is 0 Å². The maximum absolute atomic E-state index is 15.0. The molecular weight excluding hydrogens is 440 g/mol. The molecule has 1 saturated carbocycles. The van der Waals surface area contributed by atoms with Crippen LogP contribution in [0, 0.1) is 19.7 Å². The number of fused-ring (bicyclic) bond motifs is 1. The number of H-pyrrole nitrogens is 1. The third-order valence-corrected chi connectivity index (χ3v) is 6.26. The maximum atomic E-state index is 15.0. The van der Waals surface area contributed by atoms with Crippen LogP contribution >= 0.6 is 0 Å². The Balaban J connectivity index is 1.45. The SMILES string of the molecule is Cc1ccc(C)c(C(=O)NCc2ccc(-c3cn([C@@H]4C[C@@H]4F)c4c(=O)[nH]nc(N)c34)cc2F)c1. The van der Waals surface area contributed by atoms with Crippen molar-refractivity contribution in [2.45, 2.75) is 39.0 Å². The Bertz CT molecular complexity index is 1510. The number of halogens is 2. The average Bonchev–Trinajstić information content (AvgIpc) is 3.39. The number of hydrogen-bond acceptors (Lipinski definition) is 4. The molecule has 0 bridgehead atoms. The second-order valence-corrected chi connectivity index (χ2v) is 8.74. The first-order valence-corrected chi connectivity index (χ1v) is 10.9. The van der Waals surface area contributed by atoms with Crippen LogP contribution in [-0.4, -0.2) is 26.8 Å². The van der Waals surface area contributed by atoms with E-state index in [1.165, 1.54) is 6.07 Å². The van der Waals surface area contributed by atoms with Gasteiger partial charge in [-0.05, 0) is 37.1 Å². The smallest absolute Gasteiger partial charge is 0.288 e. The molecule has 2 aromatic heterocycles. The molecule has 2 aromatic carbocycles. The molecule has 1 fully saturated rings. The highest BCUT2D eigenvalue weighted by Gasteiger charge is 2.41. The van der Waals surface area contributed by atoms with E-state index >= 15 is 4.39 Å². The molecule has 2 atom stereocenters. The van der Waals surface area contributed by atoms with Crippen LogP contribution in [-0.2, 0) is 6.54 Å². The zero-order valence-corrected chi connectivity index (χ0v) is 18.7. The van der Waals surface area contributed by atoms with E-state index in [4.69, 9.17) is 5.73 Å². The molecule has 4 N–H and O–H groups in total. The van der Waals surface area contributed by atoms with Crippen molar-refractivity contribution in [3.8, 4) is 11.1 Å². The number of aryl methyl sites for hydroxylation is 2. The molecular formula is C25H23F2N5O2. The van der Waals surface area contributed by atoms with Crippen molar-refractivity contribution in [3.63, 3.8) is 0 Å². The van der Waals surface area contributed by atoms with Crippen molar-refractivity contribution in [2.24, 2.45) is 0 Å². The van der Waals surface area contributed by atoms with E-state index in [-0.39, 0.29) is 23.8 Å². The number of amides is 1. The summed E-state index contributed by atoms with van der Waals surface area (Å²) in [4.78, 5) is 25.0. The molecule has 0 spiro atoms. The van der Waals surface area contributed by atoms with Gasteiger partial charge in [-0.15, -0.1) is 0 Å². The van der Waals surface area contributed by atoms with Gasteiger partial charge in [0, 0.05) is 35.9 Å². The lowest BCUT2D eigenvalue weighted by molar-refractivity contribution is 0.0950. The molecule has 1 aliphatic carbocycles. The number of anilines is 1. The Morgan fingerprint density at radius 3 is 2.74 bits per heavy atom. The van der Waals surface area contributed by atoms with Gasteiger partial charge in [0.25, 0.3) is 11.5 Å². The van der Waals surface area contributed by atoms with Crippen LogP contribution in [0.4, 0.5) is 14.6 Å². The molecule has 4 aromatic rings. The number of aromatic nitrogens is 3. The van der Waals surface area contributed by atoms with E-state index in [0.717, 1.165) is 11.1 Å². The molecule has 2 heterocycles. The first-order chi connectivity index (χ1) is 16.2. The van der Waals surface area contributed by atoms with E-state index < -0.39 is 23.6 Å². The van der Waals surface area contributed by atoms with Crippen molar-refractivity contribution in [3.05, 3.63) is 81.0 Å². The molecule has 5 rings (SSSR count). The molecule has 0 aliphatic heterocycles. The van der Waals surface area contributed by atoms with Crippen LogP contribution in [0.5, 0.6) is 0 Å². The molecule has 1 aliphatic rings. The second kappa shape index (κ2) is 8.09. The highest BCUT2D eigenvalue weighted by molar-refractivity contribution is 6.02. The average molecular weight is 463 g/mol. The molecule has 7 nitrogen and oxygen atoms in total. The number of benzene rings is 2. The van der Waals surface area contributed by atoms with Gasteiger partial charge in [-0.2, -0.15) is 5.10 Å². The zero-order chi connectivity index (χ0) is 24.1. The lowest BCUT2D eigenvalue weighted by Crippen LogP contribution is -2.24. The molecule has 174 valence electrons. The fourth-order valence-corrected chi connectivity index (χ4v) is 4.26. The van der Waals surface area contributed by atoms with Crippen LogP contribution < -0.4 is 16.6 Å². The van der Waals surface area contributed by atoms with Crippen LogP contribution in [0.3, 0.4) is 0 Å². The summed E-state index contributed by atoms with van der Waals surface area (Å²) < 4.78 is 30.4. The standard InChI is InChI=1S/C25H23F2N5O2/c1-12-3-4-13(2)16(7-12)24(33)29-10-15-6-5-14(8-18(15)26)17-11-32(20-9-19(20)27)22-21(17)23(28)30-31-25(22)34/h3-8,11,19-20H,9-10H2,1-2H3,(H2,28,30)(H,29,33)(H,31,34)/t19-,20+/m0/s1. The van der Waals surface area contributed by atoms with Gasteiger partial charge in [-0.25, -0.2) is 13.9 Å². The van der Waals surface area contributed by atoms with Gasteiger partial charge < -0.3 is 15.6 Å². The number of nitrogens with two attached hydrogens (primary N) is 1. The highest BCUT2D eigenvalue weighted by Crippen LogP contribution is 2.43. The number of carbonyl (C=O) groups excluding carboxylic acids is 1. The summed E-state index contributed by atoms with van der Waals surface area (Å²) in [5.74, 6) is -0.730. The van der Waals surface area contributed by atoms with Crippen LogP contribution in [0.25, 0.3) is 22.0 Å². The lowest BCUT2D eigenvalue weighted by atomic mass is 10.0. The summed E-state index contributed by atoms with van der Waals surface area (Å²) in [7, 11) is 0. The van der Waals surface area contributed by atoms with E-state index in [1.807, 2.05) is 26.0 Å². The lowest BCUT2D eigenvalue weighted by Gasteiger charge is -2.10. The Labute approximate surface area is 193 Å². The Morgan fingerprint density at radius 1 is 1.26 bits per heavy atom. The Hall–Kier alpha value is -4.01. The number of nitrogens with one attached hydrogen (secondary N) is 2. The van der Waals surface area contributed by atoms with Crippen LogP contribution in [0.2, 0.25) is 0 Å². The molecule has 0 unspecified atom stereocenters. The fourth-order valence-electron chi connectivity index (χ4n) is 4.26. The summed E-state index contributed by atoms with van der Waals surface area (Å²) in [6.45, 7) is 3.76. The zero-order valence-electron chi connectivity index (χ0n) is 18.7. The number of alkyl halides is 1. The van der Waals surface area contributed by atoms with Crippen molar-refractivity contribution in [1.29, 1.82) is 0 Å². The number of hydrogen-bond donors (Lipinski definition) is 3. The van der Waals surface area contributed by atoms with Gasteiger partial charge in [-0.3, -0.25) is 9.59 Å². The minimum atomic E-state index is -1.04. The van der Waals surface area contributed by atoms with E-state index in [2.05, 4.69) is 15.5 Å². The summed E-state index contributed by atoms with van der Waals surface area (Å²) in [6, 6.07) is 9.71. The summed E-state index contributed by atoms with van der Waals surface area (Å²) in [5, 5.41) is 9.27. The number of nitrogens with zero attached hydrogens (tertiary/aromatic N) is 2. The molecule has 0 radical (unpaired) electrons. The quantitative estimate of drug-likeness (QED) is 0.417. The summed E-state index contributed by atoms with van der Waals surface area (Å²) in [6.07, 6.45) is 0.883. The number of carbonyl (C=O) groups is 1. The molecule has 34 heavy (non-hydrogen) atoms. The second-order valence-electron chi connectivity index (χ2n) is 8.74. The molecule has 9 heteroatoms. The molecule has 1 amide bonds. The third kappa shape index (κ3) is 3.72. The fraction of sp³-hybridized carbons (Fsp3) is 0.240. The maximum Gasteiger partial charge on any atom is 0.288 e. The van der Waals surface area contributed by atoms with Crippen molar-refractivity contribution < 1.29 is 13.6 Å². The van der Waals surface area contributed by atoms with Gasteiger partial charge in [0.1, 0.15) is 17.5 Å². The van der Waals surface area contributed by atoms with E-state index in [0.29, 0.717) is 34.1 Å². The number of nitrogen functional groups attached to an aromatic ring is 1. The minimum absolute atomic E-state index is 0.00898. The Kier molecular flexibility index (Phi) is 5.19. The summed E-state index contributed by atoms with van der Waals surface area (Å²) in [5.41, 5.74) is 9.38. The van der Waals surface area contributed by atoms with Crippen molar-refractivity contribution in [2.75, 3.05) is 5.73 Å². The first-order valence-electron chi connectivity index (χ1n) is 10.9.